The van der Waals surface area contributed by atoms with E-state index in [2.05, 4.69) is 19.4 Å². The van der Waals surface area contributed by atoms with Crippen LogP contribution in [0.5, 0.6) is 0 Å². The number of halogens is 15. The second-order valence-corrected chi connectivity index (χ2v) is 2.81. The van der Waals surface area contributed by atoms with Crippen LogP contribution in [0.2, 0.25) is 0 Å². The molecule has 194 valence electrons. The normalized spacial score (nSPS) is 11.5. The van der Waals surface area contributed by atoms with Crippen LogP contribution in [-0.4, -0.2) is 47.0 Å². The summed E-state index contributed by atoms with van der Waals surface area (Å²) in [6, 6.07) is 0. The van der Waals surface area contributed by atoms with E-state index < -0.39 is 45.7 Å². The smallest absolute Gasteiger partial charge is 0.346 e. The lowest BCUT2D eigenvalue weighted by atomic mass is 10.7. The largest absolute Gasteiger partial charge is 0.381 e. The Balaban J connectivity index is -0.0000000611. The summed E-state index contributed by atoms with van der Waals surface area (Å²) in [5.74, 6) is 0. The SMILES string of the molecule is CCF.FC1(F)COCO1.FCF.FCF.FCF.FOC=C(F)F.FOC=C(F)F. The van der Waals surface area contributed by atoms with E-state index in [1.54, 1.807) is 0 Å². The first-order valence-corrected chi connectivity index (χ1v) is 6.49. The Bertz CT molecular complexity index is 306. The molecule has 0 saturated carbocycles. The van der Waals surface area contributed by atoms with Gasteiger partial charge in [0.25, 0.3) is 0 Å². The lowest BCUT2D eigenvalue weighted by Gasteiger charge is -2.00. The summed E-state index contributed by atoms with van der Waals surface area (Å²) in [7, 11) is 0. The van der Waals surface area contributed by atoms with Crippen LogP contribution in [0.25, 0.3) is 0 Å². The standard InChI is InChI=1S/C3H4F2O2.2C2HF3O.C2H5F.3CH2F2/c4-3(5)1-6-2-7-3;2*3-2(4)1-6-5;1-2-3;3*2-1-3/h1-2H2;2*1H;2H2,1H3;3*1H2. The van der Waals surface area contributed by atoms with Crippen molar-refractivity contribution in [2.45, 2.75) is 13.0 Å². The molecule has 1 heterocycles. The number of rotatable bonds is 2. The molecule has 31 heavy (non-hydrogen) atoms. The molecule has 0 amide bonds. The van der Waals surface area contributed by atoms with E-state index in [0.717, 1.165) is 0 Å². The molecule has 0 spiro atoms. The van der Waals surface area contributed by atoms with E-state index in [0.29, 0.717) is 0 Å². The lowest BCUT2D eigenvalue weighted by Crippen LogP contribution is -2.16. The van der Waals surface area contributed by atoms with E-state index in [4.69, 9.17) is 0 Å². The lowest BCUT2D eigenvalue weighted by molar-refractivity contribution is -0.197. The Morgan fingerprint density at radius 2 is 1.03 bits per heavy atom. The van der Waals surface area contributed by atoms with Crippen LogP contribution in [0.1, 0.15) is 6.92 Å². The predicted molar refractivity (Wildman–Crippen MR) is 74.7 cm³/mol. The summed E-state index contributed by atoms with van der Waals surface area (Å²) in [5, 5.41) is 0. The Kier molecular flexibility index (Phi) is 58.4. The minimum atomic E-state index is -3.03. The van der Waals surface area contributed by atoms with Gasteiger partial charge in [-0.2, -0.15) is 26.3 Å². The fourth-order valence-corrected chi connectivity index (χ4v) is 0.397. The van der Waals surface area contributed by atoms with Crippen LogP contribution in [-0.2, 0) is 19.4 Å². The van der Waals surface area contributed by atoms with Gasteiger partial charge in [0, 0.05) is 9.05 Å². The first-order valence-electron chi connectivity index (χ1n) is 6.49. The van der Waals surface area contributed by atoms with Gasteiger partial charge in [-0.15, -0.1) is 0 Å². The highest BCUT2D eigenvalue weighted by molar-refractivity contribution is 4.67. The highest BCUT2D eigenvalue weighted by Crippen LogP contribution is 2.20. The van der Waals surface area contributed by atoms with Crippen LogP contribution >= 0.6 is 0 Å². The molecule has 0 aliphatic carbocycles. The van der Waals surface area contributed by atoms with Crippen molar-refractivity contribution in [1.82, 2.24) is 0 Å². The maximum Gasteiger partial charge on any atom is 0.381 e. The predicted octanol–water partition coefficient (Wildman–Crippen LogP) is 7.46. The zero-order chi connectivity index (χ0) is 26.1. The Morgan fingerprint density at radius 1 is 0.774 bits per heavy atom. The van der Waals surface area contributed by atoms with Crippen molar-refractivity contribution >= 4 is 0 Å². The van der Waals surface area contributed by atoms with Gasteiger partial charge in [0.1, 0.15) is 6.61 Å². The topological polar surface area (TPSA) is 36.9 Å². The second kappa shape index (κ2) is 42.1. The van der Waals surface area contributed by atoms with Gasteiger partial charge < -0.3 is 4.74 Å². The third-order valence-electron chi connectivity index (χ3n) is 0.891. The number of alkyl halides is 9. The van der Waals surface area contributed by atoms with Crippen molar-refractivity contribution in [3.8, 4) is 0 Å². The molecule has 1 aliphatic heterocycles. The Labute approximate surface area is 165 Å². The average molecular weight is 510 g/mol. The van der Waals surface area contributed by atoms with E-state index in [9.17, 15) is 66.1 Å². The minimum absolute atomic E-state index is 0.250. The van der Waals surface area contributed by atoms with Crippen molar-refractivity contribution in [1.29, 1.82) is 0 Å². The molecule has 19 heteroatoms. The van der Waals surface area contributed by atoms with E-state index in [-0.39, 0.29) is 26.0 Å². The van der Waals surface area contributed by atoms with Crippen LogP contribution in [0.15, 0.2) is 24.7 Å². The van der Waals surface area contributed by atoms with Crippen molar-refractivity contribution in [2.24, 2.45) is 0 Å². The quantitative estimate of drug-likeness (QED) is 0.286. The number of hydrogen-bond acceptors (Lipinski definition) is 4. The zero-order valence-corrected chi connectivity index (χ0v) is 15.2. The van der Waals surface area contributed by atoms with Gasteiger partial charge in [0.15, 0.2) is 6.79 Å². The van der Waals surface area contributed by atoms with E-state index in [1.165, 1.54) is 6.92 Å². The summed E-state index contributed by atoms with van der Waals surface area (Å²) in [5.41, 5.74) is 0. The van der Waals surface area contributed by atoms with Gasteiger partial charge in [-0.25, -0.2) is 26.3 Å². The van der Waals surface area contributed by atoms with Crippen LogP contribution in [0.4, 0.5) is 66.1 Å². The molecule has 0 atom stereocenters. The molecule has 0 aromatic carbocycles. The summed E-state index contributed by atoms with van der Waals surface area (Å²) < 4.78 is 162. The molecule has 1 rings (SSSR count). The minimum Gasteiger partial charge on any atom is -0.346 e. The van der Waals surface area contributed by atoms with E-state index >= 15 is 0 Å². The first-order chi connectivity index (χ1) is 14.4. The third kappa shape index (κ3) is 112. The third-order valence-corrected chi connectivity index (χ3v) is 0.891. The number of hydrogen-bond donors (Lipinski definition) is 0. The molecular formula is C12H17F15O4. The highest BCUT2D eigenvalue weighted by Gasteiger charge is 2.35. The van der Waals surface area contributed by atoms with Gasteiger partial charge in [-0.1, -0.05) is 0 Å². The van der Waals surface area contributed by atoms with Crippen molar-refractivity contribution < 1.29 is 85.5 Å². The molecule has 0 N–H and O–H groups in total. The Morgan fingerprint density at radius 3 is 1.06 bits per heavy atom. The fourth-order valence-electron chi connectivity index (χ4n) is 0.397. The first kappa shape index (κ1) is 42.9. The van der Waals surface area contributed by atoms with Crippen LogP contribution in [0, 0.1) is 0 Å². The molecule has 1 fully saturated rings. The molecule has 0 radical (unpaired) electrons. The molecule has 0 aromatic heterocycles. The van der Waals surface area contributed by atoms with Gasteiger partial charge >= 0.3 is 18.3 Å². The molecule has 1 aliphatic rings. The fraction of sp³-hybridized carbons (Fsp3) is 0.667. The summed E-state index contributed by atoms with van der Waals surface area (Å²) in [6.45, 7) is -4.93. The van der Waals surface area contributed by atoms with Gasteiger partial charge in [0.05, 0.1) is 6.67 Å². The van der Waals surface area contributed by atoms with Crippen LogP contribution in [0.3, 0.4) is 0 Å². The van der Waals surface area contributed by atoms with Crippen molar-refractivity contribution in [3.63, 3.8) is 0 Å². The van der Waals surface area contributed by atoms with Gasteiger partial charge in [0.2, 0.25) is 33.3 Å². The molecule has 1 saturated heterocycles. The Hall–Kier alpha value is -2.05. The average Bonchev–Trinajstić information content (AvgIpc) is 3.03. The molecular weight excluding hydrogens is 493 g/mol. The van der Waals surface area contributed by atoms with Gasteiger partial charge in [-0.05, 0) is 6.92 Å². The van der Waals surface area contributed by atoms with Crippen molar-refractivity contribution in [2.75, 3.05) is 40.9 Å². The monoisotopic (exact) mass is 510 g/mol. The number of ether oxygens (including phenoxy) is 2. The highest BCUT2D eigenvalue weighted by atomic mass is 19.3. The van der Waals surface area contributed by atoms with Crippen molar-refractivity contribution in [3.05, 3.63) is 24.7 Å². The maximum atomic E-state index is 11.6. The van der Waals surface area contributed by atoms with Crippen LogP contribution < -0.4 is 0 Å². The zero-order valence-electron chi connectivity index (χ0n) is 15.2. The molecule has 0 bridgehead atoms. The summed E-state index contributed by atoms with van der Waals surface area (Å²) >= 11 is 0. The van der Waals surface area contributed by atoms with E-state index in [1.807, 2.05) is 0 Å². The summed E-state index contributed by atoms with van der Waals surface area (Å²) in [6.07, 6.45) is -7.98. The second-order valence-electron chi connectivity index (χ2n) is 2.81. The molecule has 0 unspecified atom stereocenters. The molecule has 0 aromatic rings. The summed E-state index contributed by atoms with van der Waals surface area (Å²) in [4.78, 5) is 4.78. The maximum absolute atomic E-state index is 11.6. The van der Waals surface area contributed by atoms with Gasteiger partial charge in [-0.3, -0.25) is 19.0 Å². The molecule has 4 nitrogen and oxygen atoms in total.